The van der Waals surface area contributed by atoms with E-state index in [0.717, 1.165) is 37.2 Å². The molecule has 1 fully saturated rings. The molecule has 1 aromatic rings. The van der Waals surface area contributed by atoms with Crippen LogP contribution in [0.5, 0.6) is 0 Å². The van der Waals surface area contributed by atoms with Gasteiger partial charge in [0.05, 0.1) is 5.56 Å². The average molecular weight is 350 g/mol. The molecule has 1 aliphatic rings. The van der Waals surface area contributed by atoms with Crippen LogP contribution in [0.25, 0.3) is 0 Å². The van der Waals surface area contributed by atoms with Crippen molar-refractivity contribution in [1.29, 1.82) is 0 Å². The van der Waals surface area contributed by atoms with Crippen molar-refractivity contribution in [3.05, 3.63) is 29.3 Å². The van der Waals surface area contributed by atoms with Crippen LogP contribution in [0, 0.1) is 6.92 Å². The van der Waals surface area contributed by atoms with E-state index in [4.69, 9.17) is 5.73 Å². The van der Waals surface area contributed by atoms with E-state index in [1.165, 1.54) is 0 Å². The molecule has 1 aliphatic heterocycles. The molecule has 0 radical (unpaired) electrons. The SMILES string of the molecule is Cc1cc(C(=O)OBr)cc(N2CCC(N)CC2)c1.Cl. The number of hydrogen-bond acceptors (Lipinski definition) is 4. The van der Waals surface area contributed by atoms with E-state index in [2.05, 4.69) is 31.1 Å². The summed E-state index contributed by atoms with van der Waals surface area (Å²) in [5, 5.41) is 0. The molecule has 2 N–H and O–H groups in total. The molecule has 6 heteroatoms. The van der Waals surface area contributed by atoms with Crippen LogP contribution in [0.3, 0.4) is 0 Å². The molecule has 1 heterocycles. The molecule has 0 atom stereocenters. The zero-order valence-corrected chi connectivity index (χ0v) is 13.2. The molecule has 0 aliphatic carbocycles. The summed E-state index contributed by atoms with van der Waals surface area (Å²) in [5.41, 5.74) is 8.58. The Morgan fingerprint density at radius 1 is 1.37 bits per heavy atom. The summed E-state index contributed by atoms with van der Waals surface area (Å²) in [7, 11) is 0. The largest absolute Gasteiger partial charge is 0.380 e. The number of halogens is 2. The minimum absolute atomic E-state index is 0. The monoisotopic (exact) mass is 348 g/mol. The van der Waals surface area contributed by atoms with Crippen LogP contribution in [0.4, 0.5) is 5.69 Å². The second-order valence-corrected chi connectivity index (χ2v) is 5.07. The summed E-state index contributed by atoms with van der Waals surface area (Å²) < 4.78 is 4.59. The van der Waals surface area contributed by atoms with Crippen molar-refractivity contribution in [2.75, 3.05) is 18.0 Å². The van der Waals surface area contributed by atoms with Gasteiger partial charge in [0, 0.05) is 24.8 Å². The van der Waals surface area contributed by atoms with Gasteiger partial charge in [0.2, 0.25) is 0 Å². The molecule has 0 amide bonds. The highest BCUT2D eigenvalue weighted by atomic mass is 79.9. The second kappa shape index (κ2) is 7.12. The van der Waals surface area contributed by atoms with E-state index in [-0.39, 0.29) is 18.4 Å². The van der Waals surface area contributed by atoms with Crippen molar-refractivity contribution in [3.63, 3.8) is 0 Å². The van der Waals surface area contributed by atoms with Crippen LogP contribution in [0.1, 0.15) is 28.8 Å². The zero-order valence-electron chi connectivity index (χ0n) is 10.8. The lowest BCUT2D eigenvalue weighted by molar-refractivity contribution is 0.0782. The lowest BCUT2D eigenvalue weighted by atomic mass is 10.0. The molecule has 4 nitrogen and oxygen atoms in total. The highest BCUT2D eigenvalue weighted by Crippen LogP contribution is 2.23. The number of benzene rings is 1. The number of aryl methyl sites for hydroxylation is 1. The third-order valence-electron chi connectivity index (χ3n) is 3.27. The first kappa shape index (κ1) is 16.3. The summed E-state index contributed by atoms with van der Waals surface area (Å²) in [6.45, 7) is 3.85. The molecule has 106 valence electrons. The molecule has 1 saturated heterocycles. The Kier molecular flexibility index (Phi) is 6.10. The Hall–Kier alpha value is -0.780. The quantitative estimate of drug-likeness (QED) is 0.892. The molecule has 0 saturated carbocycles. The van der Waals surface area contributed by atoms with E-state index < -0.39 is 0 Å². The van der Waals surface area contributed by atoms with Gasteiger partial charge in [-0.25, -0.2) is 4.79 Å². The molecule has 2 rings (SSSR count). The van der Waals surface area contributed by atoms with Crippen LogP contribution in [-0.2, 0) is 3.83 Å². The second-order valence-electron chi connectivity index (χ2n) is 4.75. The summed E-state index contributed by atoms with van der Waals surface area (Å²) >= 11 is 2.72. The number of carbonyl (C=O) groups excluding carboxylic acids is 1. The predicted octanol–water partition coefficient (Wildman–Crippen LogP) is 2.81. The Morgan fingerprint density at radius 2 is 2.00 bits per heavy atom. The first-order valence-corrected chi connectivity index (χ1v) is 6.70. The predicted molar refractivity (Wildman–Crippen MR) is 82.2 cm³/mol. The molecule has 0 bridgehead atoms. The highest BCUT2D eigenvalue weighted by molar-refractivity contribution is 9.06. The normalized spacial score (nSPS) is 15.8. The first-order valence-electron chi connectivity index (χ1n) is 6.05. The minimum atomic E-state index is -0.367. The molecule has 19 heavy (non-hydrogen) atoms. The van der Waals surface area contributed by atoms with E-state index in [1.54, 1.807) is 0 Å². The topological polar surface area (TPSA) is 55.6 Å². The minimum Gasteiger partial charge on any atom is -0.380 e. The first-order chi connectivity index (χ1) is 8.60. The van der Waals surface area contributed by atoms with Gasteiger partial charge in [-0.2, -0.15) is 0 Å². The van der Waals surface area contributed by atoms with Crippen molar-refractivity contribution in [3.8, 4) is 0 Å². The van der Waals surface area contributed by atoms with Crippen molar-refractivity contribution < 1.29 is 8.62 Å². The number of hydrogen-bond donors (Lipinski definition) is 1. The van der Waals surface area contributed by atoms with Gasteiger partial charge in [-0.1, -0.05) is 0 Å². The maximum Gasteiger partial charge on any atom is 0.349 e. The lowest BCUT2D eigenvalue weighted by Gasteiger charge is -2.32. The van der Waals surface area contributed by atoms with E-state index in [1.807, 2.05) is 19.1 Å². The zero-order chi connectivity index (χ0) is 13.1. The fourth-order valence-electron chi connectivity index (χ4n) is 2.27. The average Bonchev–Trinajstić information content (AvgIpc) is 2.38. The van der Waals surface area contributed by atoms with Gasteiger partial charge >= 0.3 is 5.97 Å². The fraction of sp³-hybridized carbons (Fsp3) is 0.462. The number of piperidine rings is 1. The number of rotatable bonds is 2. The molecule has 1 aromatic carbocycles. The van der Waals surface area contributed by atoms with Crippen molar-refractivity contribution in [2.45, 2.75) is 25.8 Å². The molecule has 0 unspecified atom stereocenters. The van der Waals surface area contributed by atoms with Gasteiger partial charge in [0.1, 0.15) is 0 Å². The molecule has 0 spiro atoms. The van der Waals surface area contributed by atoms with Crippen LogP contribution >= 0.6 is 28.7 Å². The van der Waals surface area contributed by atoms with E-state index in [9.17, 15) is 4.79 Å². The van der Waals surface area contributed by atoms with Gasteiger partial charge < -0.3 is 14.5 Å². The number of anilines is 1. The highest BCUT2D eigenvalue weighted by Gasteiger charge is 2.18. The Bertz CT molecular complexity index is 448. The maximum atomic E-state index is 11.5. The van der Waals surface area contributed by atoms with E-state index in [0.29, 0.717) is 11.6 Å². The Labute approximate surface area is 128 Å². The molecular formula is C13H18BrClN2O2. The van der Waals surface area contributed by atoms with Crippen LogP contribution in [0.15, 0.2) is 18.2 Å². The summed E-state index contributed by atoms with van der Waals surface area (Å²) in [6, 6.07) is 6.08. The van der Waals surface area contributed by atoms with E-state index >= 15 is 0 Å². The molecule has 0 aromatic heterocycles. The van der Waals surface area contributed by atoms with Crippen molar-refractivity contribution in [1.82, 2.24) is 0 Å². The van der Waals surface area contributed by atoms with Crippen molar-refractivity contribution in [2.24, 2.45) is 5.73 Å². The van der Waals surface area contributed by atoms with Gasteiger partial charge in [0.25, 0.3) is 0 Å². The lowest BCUT2D eigenvalue weighted by Crippen LogP contribution is -2.39. The van der Waals surface area contributed by atoms with Gasteiger partial charge in [-0.05, 0) is 43.5 Å². The Morgan fingerprint density at radius 3 is 2.58 bits per heavy atom. The maximum absolute atomic E-state index is 11.5. The number of nitrogens with two attached hydrogens (primary N) is 1. The van der Waals surface area contributed by atoms with Gasteiger partial charge in [0.15, 0.2) is 16.3 Å². The Balaban J connectivity index is 0.00000180. The van der Waals surface area contributed by atoms with Gasteiger partial charge in [-0.3, -0.25) is 0 Å². The van der Waals surface area contributed by atoms with Crippen molar-refractivity contribution >= 4 is 40.3 Å². The third-order valence-corrected chi connectivity index (χ3v) is 3.57. The number of carbonyl (C=O) groups is 1. The summed E-state index contributed by atoms with van der Waals surface area (Å²) in [5.74, 6) is -0.367. The van der Waals surface area contributed by atoms with Gasteiger partial charge in [-0.15, -0.1) is 12.4 Å². The van der Waals surface area contributed by atoms with Crippen LogP contribution < -0.4 is 10.6 Å². The van der Waals surface area contributed by atoms with Crippen LogP contribution in [0.2, 0.25) is 0 Å². The third kappa shape index (κ3) is 4.09. The standard InChI is InChI=1S/C13H17BrN2O2.ClH/c1-9-6-10(13(17)18-14)8-12(7-9)16-4-2-11(15)3-5-16;/h6-8,11H,2-5,15H2,1H3;1H. The van der Waals surface area contributed by atoms with Crippen LogP contribution in [-0.4, -0.2) is 25.1 Å². The summed E-state index contributed by atoms with van der Waals surface area (Å²) in [6.07, 6.45) is 1.98. The smallest absolute Gasteiger partial charge is 0.349 e. The molecular weight excluding hydrogens is 332 g/mol. The number of nitrogens with zero attached hydrogens (tertiary/aromatic N) is 1. The summed E-state index contributed by atoms with van der Waals surface area (Å²) in [4.78, 5) is 13.8. The fourth-order valence-corrected chi connectivity index (χ4v) is 2.45.